The number of rotatable bonds is 4. The third-order valence-corrected chi connectivity index (χ3v) is 5.36. The molecule has 1 fully saturated rings. The van der Waals surface area contributed by atoms with Crippen molar-refractivity contribution in [2.75, 3.05) is 0 Å². The summed E-state index contributed by atoms with van der Waals surface area (Å²) in [6, 6.07) is 0. The third kappa shape index (κ3) is 4.11. The van der Waals surface area contributed by atoms with Crippen molar-refractivity contribution in [3.05, 3.63) is 34.9 Å². The molecule has 0 spiro atoms. The van der Waals surface area contributed by atoms with Crippen molar-refractivity contribution >= 4 is 0 Å². The van der Waals surface area contributed by atoms with Gasteiger partial charge in [0.2, 0.25) is 0 Å². The Bertz CT molecular complexity index is 402. The zero-order valence-electron chi connectivity index (χ0n) is 13.9. The third-order valence-electron chi connectivity index (χ3n) is 5.36. The summed E-state index contributed by atoms with van der Waals surface area (Å²) in [4.78, 5) is 0. The Hall–Kier alpha value is -0.780. The predicted molar refractivity (Wildman–Crippen MR) is 89.7 cm³/mol. The summed E-state index contributed by atoms with van der Waals surface area (Å²) in [5.74, 6) is 2.82. The van der Waals surface area contributed by atoms with Gasteiger partial charge in [0.05, 0.1) is 0 Å². The second kappa shape index (κ2) is 7.29. The smallest absolute Gasteiger partial charge is 0.0159 e. The monoisotopic (exact) mass is 272 g/mol. The van der Waals surface area contributed by atoms with E-state index in [1.165, 1.54) is 50.5 Å². The van der Waals surface area contributed by atoms with Gasteiger partial charge in [-0.15, -0.1) is 0 Å². The molecule has 0 aliphatic heterocycles. The molecule has 0 radical (unpaired) electrons. The molecule has 0 aromatic rings. The Kier molecular flexibility index (Phi) is 5.69. The molecule has 0 aromatic heterocycles. The van der Waals surface area contributed by atoms with Gasteiger partial charge in [-0.05, 0) is 82.1 Å². The first kappa shape index (κ1) is 15.6. The van der Waals surface area contributed by atoms with E-state index < -0.39 is 0 Å². The van der Waals surface area contributed by atoms with Crippen molar-refractivity contribution in [3.8, 4) is 0 Å². The van der Waals surface area contributed by atoms with Crippen LogP contribution in [-0.2, 0) is 0 Å². The highest BCUT2D eigenvalue weighted by atomic mass is 14.3. The molecule has 0 amide bonds. The van der Waals surface area contributed by atoms with Gasteiger partial charge in [-0.25, -0.2) is 0 Å². The Morgan fingerprint density at radius 3 is 2.60 bits per heavy atom. The van der Waals surface area contributed by atoms with Crippen molar-refractivity contribution in [2.24, 2.45) is 17.8 Å². The van der Waals surface area contributed by atoms with E-state index in [0.717, 1.165) is 17.8 Å². The SMILES string of the molecule is CCC(C)=C1C=CC(C)=CCCC1CCC1CC(C)C1. The standard InChI is InChI=1S/C20H32/c1-5-17(4)20-12-9-15(2)7-6-8-19(20)11-10-18-13-16(3)14-18/h7,9,12,16,18-19H,5-6,8,10-11,13-14H2,1-4H3. The summed E-state index contributed by atoms with van der Waals surface area (Å²) in [5.41, 5.74) is 4.67. The fraction of sp³-hybridized carbons (Fsp3) is 0.700. The highest BCUT2D eigenvalue weighted by Crippen LogP contribution is 2.39. The van der Waals surface area contributed by atoms with Crippen LogP contribution in [0, 0.1) is 17.8 Å². The first-order valence-electron chi connectivity index (χ1n) is 8.64. The van der Waals surface area contributed by atoms with E-state index >= 15 is 0 Å². The quantitative estimate of drug-likeness (QED) is 0.551. The van der Waals surface area contributed by atoms with Gasteiger partial charge >= 0.3 is 0 Å². The van der Waals surface area contributed by atoms with Crippen LogP contribution >= 0.6 is 0 Å². The maximum absolute atomic E-state index is 2.41. The van der Waals surface area contributed by atoms with Crippen molar-refractivity contribution < 1.29 is 0 Å². The van der Waals surface area contributed by atoms with Crippen molar-refractivity contribution in [2.45, 2.75) is 72.6 Å². The van der Waals surface area contributed by atoms with E-state index in [1.54, 1.807) is 11.1 Å². The van der Waals surface area contributed by atoms with E-state index in [4.69, 9.17) is 0 Å². The zero-order valence-corrected chi connectivity index (χ0v) is 13.9. The second-order valence-electron chi connectivity index (χ2n) is 7.16. The van der Waals surface area contributed by atoms with Crippen LogP contribution in [0.15, 0.2) is 34.9 Å². The van der Waals surface area contributed by atoms with Gasteiger partial charge in [0.1, 0.15) is 0 Å². The largest absolute Gasteiger partial charge is 0.0816 e. The molecule has 20 heavy (non-hydrogen) atoms. The molecule has 1 atom stereocenters. The Labute approximate surface area is 126 Å². The maximum Gasteiger partial charge on any atom is -0.0159 e. The van der Waals surface area contributed by atoms with Gasteiger partial charge in [-0.2, -0.15) is 0 Å². The molecule has 0 heteroatoms. The molecule has 0 saturated heterocycles. The molecule has 2 aliphatic rings. The van der Waals surface area contributed by atoms with Crippen LogP contribution < -0.4 is 0 Å². The van der Waals surface area contributed by atoms with Gasteiger partial charge in [0.25, 0.3) is 0 Å². The molecule has 0 nitrogen and oxygen atoms in total. The van der Waals surface area contributed by atoms with Gasteiger partial charge in [0, 0.05) is 0 Å². The van der Waals surface area contributed by atoms with Crippen LogP contribution in [0.5, 0.6) is 0 Å². The van der Waals surface area contributed by atoms with Crippen molar-refractivity contribution in [1.29, 1.82) is 0 Å². The first-order valence-corrected chi connectivity index (χ1v) is 8.64. The van der Waals surface area contributed by atoms with Crippen LogP contribution in [0.3, 0.4) is 0 Å². The lowest BCUT2D eigenvalue weighted by atomic mass is 9.72. The summed E-state index contributed by atoms with van der Waals surface area (Å²) < 4.78 is 0. The Morgan fingerprint density at radius 2 is 1.95 bits per heavy atom. The average Bonchev–Trinajstić information content (AvgIpc) is 2.38. The lowest BCUT2D eigenvalue weighted by molar-refractivity contribution is 0.189. The molecule has 1 unspecified atom stereocenters. The maximum atomic E-state index is 2.41. The highest BCUT2D eigenvalue weighted by Gasteiger charge is 2.26. The summed E-state index contributed by atoms with van der Waals surface area (Å²) in [5, 5.41) is 0. The van der Waals surface area contributed by atoms with Crippen LogP contribution in [0.1, 0.15) is 72.6 Å². The van der Waals surface area contributed by atoms with Crippen LogP contribution in [0.4, 0.5) is 0 Å². The summed E-state index contributed by atoms with van der Waals surface area (Å²) >= 11 is 0. The van der Waals surface area contributed by atoms with Crippen molar-refractivity contribution in [1.82, 2.24) is 0 Å². The molecule has 0 bridgehead atoms. The highest BCUT2D eigenvalue weighted by molar-refractivity contribution is 5.33. The fourth-order valence-electron chi connectivity index (χ4n) is 3.83. The zero-order chi connectivity index (χ0) is 14.5. The number of hydrogen-bond donors (Lipinski definition) is 0. The fourth-order valence-corrected chi connectivity index (χ4v) is 3.83. The normalized spacial score (nSPS) is 33.0. The Balaban J connectivity index is 2.02. The predicted octanol–water partition coefficient (Wildman–Crippen LogP) is 6.45. The number of allylic oxidation sites excluding steroid dienone is 6. The molecule has 0 N–H and O–H groups in total. The van der Waals surface area contributed by atoms with Gasteiger partial charge in [-0.3, -0.25) is 0 Å². The molecule has 1 saturated carbocycles. The lowest BCUT2D eigenvalue weighted by Crippen LogP contribution is -2.22. The minimum absolute atomic E-state index is 0.798. The van der Waals surface area contributed by atoms with E-state index in [2.05, 4.69) is 45.9 Å². The van der Waals surface area contributed by atoms with Crippen LogP contribution in [0.2, 0.25) is 0 Å². The first-order chi connectivity index (χ1) is 9.60. The molecule has 112 valence electrons. The molecule has 2 aliphatic carbocycles. The minimum Gasteiger partial charge on any atom is -0.0816 e. The van der Waals surface area contributed by atoms with Gasteiger partial charge in [-0.1, -0.05) is 43.2 Å². The lowest BCUT2D eigenvalue weighted by Gasteiger charge is -2.34. The second-order valence-corrected chi connectivity index (χ2v) is 7.16. The molecular weight excluding hydrogens is 240 g/mol. The summed E-state index contributed by atoms with van der Waals surface area (Å²) in [7, 11) is 0. The van der Waals surface area contributed by atoms with Gasteiger partial charge < -0.3 is 0 Å². The number of hydrogen-bond acceptors (Lipinski definition) is 0. The van der Waals surface area contributed by atoms with Crippen LogP contribution in [0.25, 0.3) is 0 Å². The van der Waals surface area contributed by atoms with E-state index in [-0.39, 0.29) is 0 Å². The molecular formula is C20H32. The Morgan fingerprint density at radius 1 is 1.20 bits per heavy atom. The topological polar surface area (TPSA) is 0 Å². The molecule has 0 heterocycles. The van der Waals surface area contributed by atoms with E-state index in [9.17, 15) is 0 Å². The minimum atomic E-state index is 0.798. The summed E-state index contributed by atoms with van der Waals surface area (Å²) in [6.45, 7) is 9.25. The molecule has 2 rings (SSSR count). The van der Waals surface area contributed by atoms with E-state index in [1.807, 2.05) is 0 Å². The van der Waals surface area contributed by atoms with Crippen molar-refractivity contribution in [3.63, 3.8) is 0 Å². The van der Waals surface area contributed by atoms with E-state index in [0.29, 0.717) is 0 Å². The van der Waals surface area contributed by atoms with Gasteiger partial charge in [0.15, 0.2) is 0 Å². The molecule has 0 aromatic carbocycles. The van der Waals surface area contributed by atoms with Crippen LogP contribution in [-0.4, -0.2) is 0 Å². The average molecular weight is 272 g/mol. The summed E-state index contributed by atoms with van der Waals surface area (Å²) in [6.07, 6.45) is 16.8.